The topological polar surface area (TPSA) is 15.3 Å². The molecule has 2 aliphatic rings. The van der Waals surface area contributed by atoms with Crippen LogP contribution in [-0.2, 0) is 0 Å². The van der Waals surface area contributed by atoms with E-state index in [0.717, 1.165) is 31.0 Å². The molecule has 0 saturated carbocycles. The lowest BCUT2D eigenvalue weighted by Crippen LogP contribution is -2.42. The molecule has 2 saturated heterocycles. The van der Waals surface area contributed by atoms with Gasteiger partial charge in [0.1, 0.15) is 5.82 Å². The molecule has 1 N–H and O–H groups in total. The van der Waals surface area contributed by atoms with Gasteiger partial charge in [-0.2, -0.15) is 0 Å². The number of hydrogen-bond donors (Lipinski definition) is 1. The van der Waals surface area contributed by atoms with Crippen LogP contribution >= 0.6 is 0 Å². The van der Waals surface area contributed by atoms with E-state index >= 15 is 0 Å². The van der Waals surface area contributed by atoms with Crippen LogP contribution in [0.5, 0.6) is 0 Å². The van der Waals surface area contributed by atoms with Crippen LogP contribution in [-0.4, -0.2) is 30.1 Å². The normalized spacial score (nSPS) is 28.1. The Morgan fingerprint density at radius 2 is 2.17 bits per heavy atom. The Hall–Kier alpha value is -1.09. The lowest BCUT2D eigenvalue weighted by atomic mass is 9.97. The molecule has 0 bridgehead atoms. The lowest BCUT2D eigenvalue weighted by Gasteiger charge is -2.35. The highest BCUT2D eigenvalue weighted by molar-refractivity contribution is 5.47. The minimum atomic E-state index is -0.121. The van der Waals surface area contributed by atoms with E-state index in [-0.39, 0.29) is 5.82 Å². The van der Waals surface area contributed by atoms with Crippen molar-refractivity contribution < 1.29 is 4.39 Å². The van der Waals surface area contributed by atoms with Gasteiger partial charge in [-0.1, -0.05) is 6.07 Å². The van der Waals surface area contributed by atoms with Gasteiger partial charge in [-0.3, -0.25) is 0 Å². The van der Waals surface area contributed by atoms with Crippen molar-refractivity contribution in [2.45, 2.75) is 44.7 Å². The maximum atomic E-state index is 13.8. The predicted molar refractivity (Wildman–Crippen MR) is 72.4 cm³/mol. The van der Waals surface area contributed by atoms with Gasteiger partial charge in [-0.15, -0.1) is 0 Å². The highest BCUT2D eigenvalue weighted by atomic mass is 19.1. The molecule has 1 aromatic carbocycles. The fourth-order valence-electron chi connectivity index (χ4n) is 3.31. The second-order valence-corrected chi connectivity index (χ2v) is 5.68. The van der Waals surface area contributed by atoms with Crippen molar-refractivity contribution in [2.75, 3.05) is 18.4 Å². The molecule has 0 spiro atoms. The van der Waals surface area contributed by atoms with Gasteiger partial charge in [0.25, 0.3) is 0 Å². The molecule has 0 amide bonds. The van der Waals surface area contributed by atoms with Crippen molar-refractivity contribution in [3.63, 3.8) is 0 Å². The van der Waals surface area contributed by atoms with Gasteiger partial charge in [-0.05, 0) is 56.8 Å². The summed E-state index contributed by atoms with van der Waals surface area (Å²) in [5.74, 6) is -0.121. The van der Waals surface area contributed by atoms with Gasteiger partial charge >= 0.3 is 0 Å². The summed E-state index contributed by atoms with van der Waals surface area (Å²) in [6.07, 6.45) is 4.93. The molecule has 98 valence electrons. The third kappa shape index (κ3) is 2.37. The van der Waals surface area contributed by atoms with Crippen LogP contribution < -0.4 is 5.32 Å². The summed E-state index contributed by atoms with van der Waals surface area (Å²) in [6, 6.07) is 6.60. The van der Waals surface area contributed by atoms with Crippen molar-refractivity contribution >= 4 is 5.69 Å². The smallest absolute Gasteiger partial charge is 0.146 e. The third-order valence-corrected chi connectivity index (χ3v) is 4.30. The SMILES string of the molecule is Cc1ccc(NC2CCN3CCCC3C2)c(F)c1. The van der Waals surface area contributed by atoms with Crippen molar-refractivity contribution in [1.82, 2.24) is 4.90 Å². The van der Waals surface area contributed by atoms with E-state index in [9.17, 15) is 4.39 Å². The van der Waals surface area contributed by atoms with Gasteiger partial charge in [0.05, 0.1) is 5.69 Å². The number of halogens is 1. The number of piperidine rings is 1. The van der Waals surface area contributed by atoms with Crippen LogP contribution in [0.2, 0.25) is 0 Å². The molecule has 2 fully saturated rings. The highest BCUT2D eigenvalue weighted by Gasteiger charge is 2.31. The number of nitrogens with one attached hydrogen (secondary N) is 1. The first-order chi connectivity index (χ1) is 8.72. The molecule has 3 heteroatoms. The first kappa shape index (κ1) is 12.0. The Labute approximate surface area is 108 Å². The minimum Gasteiger partial charge on any atom is -0.380 e. The molecule has 1 aromatic rings. The van der Waals surface area contributed by atoms with Crippen molar-refractivity contribution in [2.24, 2.45) is 0 Å². The van der Waals surface area contributed by atoms with E-state index in [1.807, 2.05) is 19.1 Å². The van der Waals surface area contributed by atoms with E-state index < -0.39 is 0 Å². The summed E-state index contributed by atoms with van der Waals surface area (Å²) in [5.41, 5.74) is 1.64. The number of aryl methyl sites for hydroxylation is 1. The number of nitrogens with zero attached hydrogens (tertiary/aromatic N) is 1. The molecule has 18 heavy (non-hydrogen) atoms. The predicted octanol–water partition coefficient (Wildman–Crippen LogP) is 3.17. The molecule has 2 unspecified atom stereocenters. The summed E-state index contributed by atoms with van der Waals surface area (Å²) in [5, 5.41) is 3.39. The Morgan fingerprint density at radius 1 is 1.28 bits per heavy atom. The Morgan fingerprint density at radius 3 is 3.00 bits per heavy atom. The molecule has 2 aliphatic heterocycles. The largest absolute Gasteiger partial charge is 0.380 e. The first-order valence-corrected chi connectivity index (χ1v) is 6.99. The van der Waals surface area contributed by atoms with E-state index in [4.69, 9.17) is 0 Å². The zero-order valence-corrected chi connectivity index (χ0v) is 11.0. The molecule has 2 nitrogen and oxygen atoms in total. The average Bonchev–Trinajstić information content (AvgIpc) is 2.80. The first-order valence-electron chi connectivity index (χ1n) is 6.99. The number of hydrogen-bond acceptors (Lipinski definition) is 2. The van der Waals surface area contributed by atoms with Crippen LogP contribution in [0.1, 0.15) is 31.2 Å². The van der Waals surface area contributed by atoms with Gasteiger partial charge in [0.2, 0.25) is 0 Å². The highest BCUT2D eigenvalue weighted by Crippen LogP contribution is 2.29. The van der Waals surface area contributed by atoms with E-state index in [0.29, 0.717) is 11.7 Å². The third-order valence-electron chi connectivity index (χ3n) is 4.30. The number of rotatable bonds is 2. The number of fused-ring (bicyclic) bond motifs is 1. The molecular weight excluding hydrogens is 227 g/mol. The van der Waals surface area contributed by atoms with Crippen LogP contribution in [0.3, 0.4) is 0 Å². The molecule has 2 heterocycles. The molecule has 0 radical (unpaired) electrons. The van der Waals surface area contributed by atoms with Gasteiger partial charge < -0.3 is 10.2 Å². The number of anilines is 1. The fourth-order valence-corrected chi connectivity index (χ4v) is 3.31. The zero-order valence-electron chi connectivity index (χ0n) is 11.0. The van der Waals surface area contributed by atoms with Crippen LogP contribution in [0.15, 0.2) is 18.2 Å². The number of benzene rings is 1. The summed E-state index contributed by atoms with van der Waals surface area (Å²) in [6.45, 7) is 4.34. The second kappa shape index (κ2) is 4.88. The summed E-state index contributed by atoms with van der Waals surface area (Å²) >= 11 is 0. The average molecular weight is 248 g/mol. The van der Waals surface area contributed by atoms with Crippen molar-refractivity contribution in [3.05, 3.63) is 29.6 Å². The lowest BCUT2D eigenvalue weighted by molar-refractivity contribution is 0.188. The molecule has 0 aromatic heterocycles. The van der Waals surface area contributed by atoms with Crippen molar-refractivity contribution in [3.8, 4) is 0 Å². The standard InChI is InChI=1S/C15H21FN2/c1-11-4-5-15(14(16)9-11)17-12-6-8-18-7-2-3-13(18)10-12/h4-5,9,12-13,17H,2-3,6-8,10H2,1H3. The molecule has 0 aliphatic carbocycles. The van der Waals surface area contributed by atoms with Crippen LogP contribution in [0.4, 0.5) is 10.1 Å². The van der Waals surface area contributed by atoms with E-state index in [1.165, 1.54) is 19.4 Å². The summed E-state index contributed by atoms with van der Waals surface area (Å²) in [4.78, 5) is 2.59. The second-order valence-electron chi connectivity index (χ2n) is 5.68. The quantitative estimate of drug-likeness (QED) is 0.864. The Balaban J connectivity index is 1.66. The Kier molecular flexibility index (Phi) is 3.25. The van der Waals surface area contributed by atoms with Gasteiger partial charge in [0.15, 0.2) is 0 Å². The fraction of sp³-hybridized carbons (Fsp3) is 0.600. The monoisotopic (exact) mass is 248 g/mol. The Bertz CT molecular complexity index is 433. The van der Waals surface area contributed by atoms with Crippen molar-refractivity contribution in [1.29, 1.82) is 0 Å². The van der Waals surface area contributed by atoms with Crippen LogP contribution in [0, 0.1) is 12.7 Å². The molecule has 3 rings (SSSR count). The maximum Gasteiger partial charge on any atom is 0.146 e. The van der Waals surface area contributed by atoms with Crippen LogP contribution in [0.25, 0.3) is 0 Å². The zero-order chi connectivity index (χ0) is 12.5. The van der Waals surface area contributed by atoms with Gasteiger partial charge in [0, 0.05) is 18.6 Å². The van der Waals surface area contributed by atoms with E-state index in [2.05, 4.69) is 10.2 Å². The maximum absolute atomic E-state index is 13.8. The summed E-state index contributed by atoms with van der Waals surface area (Å²) in [7, 11) is 0. The molecular formula is C15H21FN2. The van der Waals surface area contributed by atoms with E-state index in [1.54, 1.807) is 6.07 Å². The van der Waals surface area contributed by atoms with Gasteiger partial charge in [-0.25, -0.2) is 4.39 Å². The minimum absolute atomic E-state index is 0.121. The molecule has 2 atom stereocenters. The summed E-state index contributed by atoms with van der Waals surface area (Å²) < 4.78 is 13.8.